The number of thiol groups is 1. The minimum atomic E-state index is -0.629. The summed E-state index contributed by atoms with van der Waals surface area (Å²) >= 11 is 4.22. The Morgan fingerprint density at radius 2 is 2.00 bits per heavy atom. The number of nitrogens with zero attached hydrogens (tertiary/aromatic N) is 1. The van der Waals surface area contributed by atoms with Gasteiger partial charge in [0.05, 0.1) is 4.91 Å². The second-order valence-corrected chi connectivity index (χ2v) is 3.91. The number of carbonyl (C=O) groups excluding carboxylic acids is 2. The summed E-state index contributed by atoms with van der Waals surface area (Å²) in [6.07, 6.45) is 1.47. The van der Waals surface area contributed by atoms with Gasteiger partial charge in [-0.2, -0.15) is 0 Å². The Bertz CT molecular complexity index is 226. The summed E-state index contributed by atoms with van der Waals surface area (Å²) in [5.41, 5.74) is 4.99. The number of thioether (sulfide) groups is 1. The van der Waals surface area contributed by atoms with Gasteiger partial charge < -0.3 is 10.6 Å². The largest absolute Gasteiger partial charge is 0.382 e. The molecule has 0 atom stereocenters. The molecule has 0 saturated heterocycles. The normalized spacial score (nSPS) is 11.1. The third-order valence-corrected chi connectivity index (χ3v) is 1.79. The van der Waals surface area contributed by atoms with Crippen LogP contribution in [0.15, 0.2) is 11.1 Å². The summed E-state index contributed by atoms with van der Waals surface area (Å²) < 4.78 is -0.457. The van der Waals surface area contributed by atoms with Crippen molar-refractivity contribution in [1.82, 2.24) is 4.90 Å². The third kappa shape index (κ3) is 5.09. The molecule has 12 heavy (non-hydrogen) atoms. The van der Waals surface area contributed by atoms with Crippen molar-refractivity contribution in [3.63, 3.8) is 0 Å². The van der Waals surface area contributed by atoms with Crippen LogP contribution in [0.5, 0.6) is 0 Å². The van der Waals surface area contributed by atoms with Crippen molar-refractivity contribution in [2.45, 2.75) is 0 Å². The van der Waals surface area contributed by atoms with Crippen LogP contribution in [0.4, 0.5) is 4.79 Å². The van der Waals surface area contributed by atoms with E-state index in [9.17, 15) is 9.59 Å². The zero-order valence-electron chi connectivity index (χ0n) is 6.77. The van der Waals surface area contributed by atoms with Gasteiger partial charge in [-0.15, -0.1) is 0 Å². The molecule has 0 aliphatic carbocycles. The number of hydrogen-bond donors (Lipinski definition) is 2. The second kappa shape index (κ2) is 5.10. The van der Waals surface area contributed by atoms with Gasteiger partial charge in [0.1, 0.15) is 0 Å². The Hall–Kier alpha value is -0.620. The first-order chi connectivity index (χ1) is 5.43. The number of primary amides is 1. The van der Waals surface area contributed by atoms with Crippen LogP contribution >= 0.6 is 24.4 Å². The van der Waals surface area contributed by atoms with Gasteiger partial charge >= 0.3 is 0 Å². The highest BCUT2D eigenvalue weighted by Gasteiger charge is 2.09. The number of hydrogen-bond acceptors (Lipinski definition) is 4. The van der Waals surface area contributed by atoms with Crippen molar-refractivity contribution < 1.29 is 9.59 Å². The van der Waals surface area contributed by atoms with Crippen molar-refractivity contribution in [3.8, 4) is 0 Å². The van der Waals surface area contributed by atoms with Gasteiger partial charge in [0.25, 0.3) is 5.91 Å². The highest BCUT2D eigenvalue weighted by molar-refractivity contribution is 8.34. The third-order valence-electron chi connectivity index (χ3n) is 0.816. The fourth-order valence-electron chi connectivity index (χ4n) is 0.469. The molecule has 0 fully saturated rings. The van der Waals surface area contributed by atoms with Crippen molar-refractivity contribution in [2.75, 3.05) is 14.1 Å². The minimum Gasteiger partial charge on any atom is -0.382 e. The van der Waals surface area contributed by atoms with Crippen LogP contribution in [-0.4, -0.2) is 29.3 Å². The Labute approximate surface area is 80.6 Å². The highest BCUT2D eigenvalue weighted by atomic mass is 32.2. The zero-order chi connectivity index (χ0) is 9.72. The van der Waals surface area contributed by atoms with Crippen molar-refractivity contribution in [1.29, 1.82) is 0 Å². The van der Waals surface area contributed by atoms with Crippen LogP contribution in [0.1, 0.15) is 0 Å². The average molecular weight is 206 g/mol. The van der Waals surface area contributed by atoms with Crippen molar-refractivity contribution in [2.24, 2.45) is 5.73 Å². The lowest BCUT2D eigenvalue weighted by Gasteiger charge is -2.06. The van der Waals surface area contributed by atoms with Gasteiger partial charge in [-0.25, -0.2) is 0 Å². The first kappa shape index (κ1) is 11.4. The molecule has 2 N–H and O–H groups in total. The fourth-order valence-corrected chi connectivity index (χ4v) is 1.32. The maximum atomic E-state index is 10.7. The van der Waals surface area contributed by atoms with Gasteiger partial charge in [0.2, 0.25) is 4.45 Å². The van der Waals surface area contributed by atoms with Crippen LogP contribution in [0.25, 0.3) is 0 Å². The summed E-state index contributed by atoms with van der Waals surface area (Å²) in [6.45, 7) is 0. The van der Waals surface area contributed by atoms with Gasteiger partial charge in [0, 0.05) is 20.3 Å². The molecule has 0 rings (SSSR count). The highest BCUT2D eigenvalue weighted by Crippen LogP contribution is 2.18. The Morgan fingerprint density at radius 1 is 1.50 bits per heavy atom. The first-order valence-corrected chi connectivity index (χ1v) is 4.28. The molecule has 4 nitrogen and oxygen atoms in total. The fraction of sp³-hybridized carbons (Fsp3) is 0.333. The number of rotatable bonds is 3. The van der Waals surface area contributed by atoms with Crippen LogP contribution in [0, 0.1) is 0 Å². The van der Waals surface area contributed by atoms with E-state index in [1.165, 1.54) is 6.20 Å². The number of amides is 1. The maximum absolute atomic E-state index is 10.7. The Morgan fingerprint density at radius 3 is 2.25 bits per heavy atom. The monoisotopic (exact) mass is 206 g/mol. The quantitative estimate of drug-likeness (QED) is 0.526. The predicted molar refractivity (Wildman–Crippen MR) is 52.9 cm³/mol. The lowest BCUT2D eigenvalue weighted by Crippen LogP contribution is -2.15. The van der Waals surface area contributed by atoms with Crippen LogP contribution in [0.3, 0.4) is 0 Å². The first-order valence-electron chi connectivity index (χ1n) is 3.02. The van der Waals surface area contributed by atoms with Crippen LogP contribution < -0.4 is 5.73 Å². The smallest absolute Gasteiger partial charge is 0.257 e. The predicted octanol–water partition coefficient (Wildman–Crippen LogP) is 0.658. The second-order valence-electron chi connectivity index (χ2n) is 2.19. The van der Waals surface area contributed by atoms with E-state index in [2.05, 4.69) is 12.6 Å². The molecule has 0 aliphatic heterocycles. The molecule has 0 aromatic rings. The number of nitrogens with two attached hydrogens (primary N) is 1. The van der Waals surface area contributed by atoms with Crippen molar-refractivity contribution >= 4 is 34.7 Å². The molecule has 0 aromatic carbocycles. The SMILES string of the molecule is CN(C)C=C(SC(=O)S)C(N)=O. The molecule has 0 aromatic heterocycles. The van der Waals surface area contributed by atoms with Gasteiger partial charge in [-0.3, -0.25) is 9.59 Å². The molecule has 0 spiro atoms. The summed E-state index contributed by atoms with van der Waals surface area (Å²) in [5, 5.41) is 0. The topological polar surface area (TPSA) is 63.4 Å². The van der Waals surface area contributed by atoms with E-state index in [0.29, 0.717) is 11.8 Å². The van der Waals surface area contributed by atoms with Crippen molar-refractivity contribution in [3.05, 3.63) is 11.1 Å². The summed E-state index contributed by atoms with van der Waals surface area (Å²) in [6, 6.07) is 0. The van der Waals surface area contributed by atoms with E-state index in [1.54, 1.807) is 19.0 Å². The maximum Gasteiger partial charge on any atom is 0.257 e. The summed E-state index contributed by atoms with van der Waals surface area (Å²) in [5.74, 6) is -0.629. The van der Waals surface area contributed by atoms with E-state index in [1.807, 2.05) is 0 Å². The van der Waals surface area contributed by atoms with Gasteiger partial charge in [-0.1, -0.05) is 12.6 Å². The summed E-state index contributed by atoms with van der Waals surface area (Å²) in [4.78, 5) is 23.0. The number of carbonyl (C=O) groups is 2. The zero-order valence-corrected chi connectivity index (χ0v) is 8.48. The molecule has 0 saturated carbocycles. The molecular weight excluding hydrogens is 196 g/mol. The summed E-state index contributed by atoms with van der Waals surface area (Å²) in [7, 11) is 3.46. The van der Waals surface area contributed by atoms with Crippen LogP contribution in [-0.2, 0) is 4.79 Å². The standard InChI is InChI=1S/C6H10N2O2S2/c1-8(2)3-4(5(7)9)12-6(10)11/h3H,1-2H3,(H2,7,9)(H,10,11). The molecular formula is C6H10N2O2S2. The molecule has 0 aliphatic rings. The Kier molecular flexibility index (Phi) is 4.84. The van der Waals surface area contributed by atoms with Gasteiger partial charge in [-0.05, 0) is 11.8 Å². The average Bonchev–Trinajstić information content (AvgIpc) is 1.83. The molecule has 6 heteroatoms. The van der Waals surface area contributed by atoms with E-state index >= 15 is 0 Å². The molecule has 0 radical (unpaired) electrons. The molecule has 0 bridgehead atoms. The van der Waals surface area contributed by atoms with Crippen LogP contribution in [0.2, 0.25) is 0 Å². The lowest BCUT2D eigenvalue weighted by molar-refractivity contribution is -0.113. The molecule has 1 amide bonds. The molecule has 68 valence electrons. The molecule has 0 heterocycles. The Balaban J connectivity index is 4.44. The van der Waals surface area contributed by atoms with Gasteiger partial charge in [0.15, 0.2) is 0 Å². The van der Waals surface area contributed by atoms with E-state index in [0.717, 1.165) is 0 Å². The lowest BCUT2D eigenvalue weighted by atomic mass is 10.5. The molecule has 0 unspecified atom stereocenters. The van der Waals surface area contributed by atoms with E-state index < -0.39 is 10.4 Å². The minimum absolute atomic E-state index is 0.181. The van der Waals surface area contributed by atoms with E-state index in [4.69, 9.17) is 5.73 Å². The van der Waals surface area contributed by atoms with E-state index in [-0.39, 0.29) is 4.91 Å².